The summed E-state index contributed by atoms with van der Waals surface area (Å²) in [6, 6.07) is 14.7. The van der Waals surface area contributed by atoms with Gasteiger partial charge in [0.15, 0.2) is 0 Å². The van der Waals surface area contributed by atoms with Crippen LogP contribution in [0.5, 0.6) is 0 Å². The van der Waals surface area contributed by atoms with Crippen LogP contribution >= 0.6 is 23.1 Å². The molecule has 0 fully saturated rings. The Balaban J connectivity index is 1.85. The second kappa shape index (κ2) is 5.55. The van der Waals surface area contributed by atoms with Crippen molar-refractivity contribution in [2.45, 2.75) is 16.0 Å². The SMILES string of the molecule is Cc1ccccc1Sc1ccc(-c2ccncn2)s1. The molecule has 0 spiro atoms. The van der Waals surface area contributed by atoms with Crippen LogP contribution in [0, 0.1) is 6.92 Å². The molecule has 0 N–H and O–H groups in total. The van der Waals surface area contributed by atoms with E-state index in [9.17, 15) is 0 Å². The molecule has 2 aromatic heterocycles. The molecule has 0 radical (unpaired) electrons. The monoisotopic (exact) mass is 284 g/mol. The second-order valence-corrected chi connectivity index (χ2v) is 6.51. The molecule has 94 valence electrons. The predicted molar refractivity (Wildman–Crippen MR) is 80.6 cm³/mol. The van der Waals surface area contributed by atoms with Crippen LogP contribution in [0.2, 0.25) is 0 Å². The van der Waals surface area contributed by atoms with Crippen LogP contribution in [-0.2, 0) is 0 Å². The third-order valence-electron chi connectivity index (χ3n) is 2.72. The van der Waals surface area contributed by atoms with Crippen LogP contribution in [0.25, 0.3) is 10.6 Å². The highest BCUT2D eigenvalue weighted by atomic mass is 32.2. The van der Waals surface area contributed by atoms with Crippen molar-refractivity contribution >= 4 is 23.1 Å². The van der Waals surface area contributed by atoms with E-state index < -0.39 is 0 Å². The molecule has 3 aromatic rings. The van der Waals surface area contributed by atoms with Gasteiger partial charge in [-0.25, -0.2) is 9.97 Å². The number of aryl methyl sites for hydroxylation is 1. The summed E-state index contributed by atoms with van der Waals surface area (Å²) in [6.07, 6.45) is 3.36. The standard InChI is InChI=1S/C15H12N2S2/c1-11-4-2-3-5-13(11)18-15-7-6-14(19-15)12-8-9-16-10-17-12/h2-10H,1H3. The van der Waals surface area contributed by atoms with Gasteiger partial charge in [-0.3, -0.25) is 0 Å². The lowest BCUT2D eigenvalue weighted by atomic mass is 10.2. The van der Waals surface area contributed by atoms with Gasteiger partial charge >= 0.3 is 0 Å². The van der Waals surface area contributed by atoms with Crippen molar-refractivity contribution in [2.75, 3.05) is 0 Å². The molecule has 3 rings (SSSR count). The molecule has 0 aliphatic carbocycles. The maximum Gasteiger partial charge on any atom is 0.116 e. The van der Waals surface area contributed by atoms with Gasteiger partial charge in [0, 0.05) is 11.1 Å². The minimum atomic E-state index is 0.983. The molecule has 0 unspecified atom stereocenters. The summed E-state index contributed by atoms with van der Waals surface area (Å²) in [4.78, 5) is 10.7. The van der Waals surface area contributed by atoms with E-state index in [1.54, 1.807) is 35.6 Å². The molecule has 4 heteroatoms. The Hall–Kier alpha value is -1.65. The Morgan fingerprint density at radius 1 is 1.05 bits per heavy atom. The van der Waals surface area contributed by atoms with Crippen LogP contribution in [-0.4, -0.2) is 9.97 Å². The first kappa shape index (κ1) is 12.4. The minimum absolute atomic E-state index is 0.983. The summed E-state index contributed by atoms with van der Waals surface area (Å²) in [5.74, 6) is 0. The lowest BCUT2D eigenvalue weighted by molar-refractivity contribution is 1.18. The van der Waals surface area contributed by atoms with Gasteiger partial charge in [0.1, 0.15) is 6.33 Å². The lowest BCUT2D eigenvalue weighted by Gasteiger charge is -2.02. The number of benzene rings is 1. The number of rotatable bonds is 3. The molecule has 0 amide bonds. The number of thiophene rings is 1. The molecule has 2 heterocycles. The van der Waals surface area contributed by atoms with Crippen molar-refractivity contribution in [3.63, 3.8) is 0 Å². The van der Waals surface area contributed by atoms with E-state index in [1.165, 1.54) is 19.5 Å². The summed E-state index contributed by atoms with van der Waals surface area (Å²) >= 11 is 3.57. The fourth-order valence-electron chi connectivity index (χ4n) is 1.73. The van der Waals surface area contributed by atoms with E-state index >= 15 is 0 Å². The minimum Gasteiger partial charge on any atom is -0.245 e. The Morgan fingerprint density at radius 3 is 2.74 bits per heavy atom. The number of aromatic nitrogens is 2. The lowest BCUT2D eigenvalue weighted by Crippen LogP contribution is -1.79. The molecular formula is C15H12N2S2. The fraction of sp³-hybridized carbons (Fsp3) is 0.0667. The Labute approximate surface area is 120 Å². The highest BCUT2D eigenvalue weighted by Crippen LogP contribution is 2.37. The Morgan fingerprint density at radius 2 is 1.95 bits per heavy atom. The quantitative estimate of drug-likeness (QED) is 0.699. The summed E-state index contributed by atoms with van der Waals surface area (Å²) in [6.45, 7) is 2.14. The summed E-state index contributed by atoms with van der Waals surface area (Å²) in [7, 11) is 0. The van der Waals surface area contributed by atoms with Crippen molar-refractivity contribution < 1.29 is 0 Å². The van der Waals surface area contributed by atoms with E-state index in [0.29, 0.717) is 0 Å². The zero-order valence-corrected chi connectivity index (χ0v) is 12.0. The van der Waals surface area contributed by atoms with Gasteiger partial charge in [0.05, 0.1) is 14.8 Å². The molecule has 0 bridgehead atoms. The molecule has 19 heavy (non-hydrogen) atoms. The molecule has 0 saturated heterocycles. The molecule has 0 aliphatic heterocycles. The van der Waals surface area contributed by atoms with E-state index in [4.69, 9.17) is 0 Å². The number of hydrogen-bond acceptors (Lipinski definition) is 4. The highest BCUT2D eigenvalue weighted by Gasteiger charge is 2.06. The number of nitrogens with zero attached hydrogens (tertiary/aromatic N) is 2. The van der Waals surface area contributed by atoms with Crippen molar-refractivity contribution in [2.24, 2.45) is 0 Å². The zero-order valence-electron chi connectivity index (χ0n) is 10.4. The summed E-state index contributed by atoms with van der Waals surface area (Å²) in [5, 5.41) is 0. The summed E-state index contributed by atoms with van der Waals surface area (Å²) in [5.41, 5.74) is 2.29. The van der Waals surface area contributed by atoms with Gasteiger partial charge in [-0.15, -0.1) is 11.3 Å². The van der Waals surface area contributed by atoms with Crippen molar-refractivity contribution in [1.29, 1.82) is 0 Å². The van der Waals surface area contributed by atoms with Crippen molar-refractivity contribution in [3.05, 3.63) is 60.6 Å². The largest absolute Gasteiger partial charge is 0.245 e. The number of hydrogen-bond donors (Lipinski definition) is 0. The predicted octanol–water partition coefficient (Wildman–Crippen LogP) is 4.66. The van der Waals surface area contributed by atoms with Crippen LogP contribution in [0.4, 0.5) is 0 Å². The highest BCUT2D eigenvalue weighted by molar-refractivity contribution is 8.01. The maximum absolute atomic E-state index is 4.28. The third-order valence-corrected chi connectivity index (χ3v) is 5.14. The average Bonchev–Trinajstić information content (AvgIpc) is 2.91. The maximum atomic E-state index is 4.28. The van der Waals surface area contributed by atoms with E-state index in [2.05, 4.69) is 53.3 Å². The molecule has 0 aliphatic rings. The zero-order chi connectivity index (χ0) is 13.1. The van der Waals surface area contributed by atoms with Gasteiger partial charge in [0.25, 0.3) is 0 Å². The van der Waals surface area contributed by atoms with Crippen molar-refractivity contribution in [3.8, 4) is 10.6 Å². The molecule has 0 saturated carbocycles. The summed E-state index contributed by atoms with van der Waals surface area (Å²) < 4.78 is 1.28. The topological polar surface area (TPSA) is 25.8 Å². The van der Waals surface area contributed by atoms with Crippen LogP contribution < -0.4 is 0 Å². The third kappa shape index (κ3) is 2.85. The molecule has 2 nitrogen and oxygen atoms in total. The van der Waals surface area contributed by atoms with Crippen LogP contribution in [0.3, 0.4) is 0 Å². The average molecular weight is 284 g/mol. The first-order chi connectivity index (χ1) is 9.33. The smallest absolute Gasteiger partial charge is 0.116 e. The Kier molecular flexibility index (Phi) is 3.62. The molecule has 0 atom stereocenters. The van der Waals surface area contributed by atoms with Gasteiger partial charge in [-0.05, 0) is 36.8 Å². The van der Waals surface area contributed by atoms with E-state index in [0.717, 1.165) is 5.69 Å². The van der Waals surface area contributed by atoms with E-state index in [-0.39, 0.29) is 0 Å². The molecular weight excluding hydrogens is 272 g/mol. The van der Waals surface area contributed by atoms with Gasteiger partial charge in [0.2, 0.25) is 0 Å². The first-order valence-electron chi connectivity index (χ1n) is 5.92. The molecule has 1 aromatic carbocycles. The second-order valence-electron chi connectivity index (χ2n) is 4.08. The van der Waals surface area contributed by atoms with Gasteiger partial charge in [-0.2, -0.15) is 0 Å². The van der Waals surface area contributed by atoms with E-state index in [1.807, 2.05) is 6.07 Å². The normalized spacial score (nSPS) is 10.6. The first-order valence-corrected chi connectivity index (χ1v) is 7.56. The van der Waals surface area contributed by atoms with Gasteiger partial charge < -0.3 is 0 Å². The van der Waals surface area contributed by atoms with Crippen molar-refractivity contribution in [1.82, 2.24) is 9.97 Å². The van der Waals surface area contributed by atoms with Gasteiger partial charge in [-0.1, -0.05) is 30.0 Å². The van der Waals surface area contributed by atoms with Crippen LogP contribution in [0.1, 0.15) is 5.56 Å². The fourth-order valence-corrected chi connectivity index (χ4v) is 3.88. The Bertz CT molecular complexity index is 677. The van der Waals surface area contributed by atoms with Crippen LogP contribution in [0.15, 0.2) is 64.1 Å².